The Bertz CT molecular complexity index is 355. The van der Waals surface area contributed by atoms with E-state index in [2.05, 4.69) is 11.8 Å². The quantitative estimate of drug-likeness (QED) is 0.434. The molecule has 1 unspecified atom stereocenters. The SMILES string of the molecule is CCCCC(OO)[n+]1cccc(C(N)=O)c1. The van der Waals surface area contributed by atoms with Crippen molar-refractivity contribution >= 4 is 5.91 Å². The molecule has 1 aromatic rings. The Balaban J connectivity index is 2.83. The van der Waals surface area contributed by atoms with E-state index >= 15 is 0 Å². The second-order valence-electron chi connectivity index (χ2n) is 3.61. The zero-order valence-corrected chi connectivity index (χ0v) is 9.30. The predicted molar refractivity (Wildman–Crippen MR) is 57.4 cm³/mol. The number of rotatable bonds is 6. The molecule has 1 aromatic heterocycles. The third kappa shape index (κ3) is 3.29. The molecule has 0 aliphatic heterocycles. The van der Waals surface area contributed by atoms with E-state index in [0.29, 0.717) is 12.0 Å². The molecule has 5 heteroatoms. The molecular weight excluding hydrogens is 208 g/mol. The molecule has 0 bridgehead atoms. The lowest BCUT2D eigenvalue weighted by molar-refractivity contribution is -0.785. The number of carbonyl (C=O) groups is 1. The Kier molecular flexibility index (Phi) is 4.88. The van der Waals surface area contributed by atoms with Crippen molar-refractivity contribution in [2.24, 2.45) is 5.73 Å². The Hall–Kier alpha value is -1.46. The van der Waals surface area contributed by atoms with Crippen LogP contribution >= 0.6 is 0 Å². The van der Waals surface area contributed by atoms with E-state index in [-0.39, 0.29) is 0 Å². The number of aromatic nitrogens is 1. The minimum Gasteiger partial charge on any atom is -0.365 e. The number of pyridine rings is 1. The summed E-state index contributed by atoms with van der Waals surface area (Å²) in [5, 5.41) is 8.80. The molecule has 1 atom stereocenters. The third-order valence-electron chi connectivity index (χ3n) is 2.37. The molecule has 3 N–H and O–H groups in total. The summed E-state index contributed by atoms with van der Waals surface area (Å²) < 4.78 is 1.63. The molecule has 0 aliphatic rings. The maximum Gasteiger partial charge on any atom is 0.290 e. The van der Waals surface area contributed by atoms with Gasteiger partial charge in [-0.2, -0.15) is 9.45 Å². The molecular formula is C11H17N2O3+. The molecule has 0 aromatic carbocycles. The highest BCUT2D eigenvalue weighted by molar-refractivity contribution is 5.92. The molecule has 0 fully saturated rings. The van der Waals surface area contributed by atoms with Gasteiger partial charge in [-0.05, 0) is 12.5 Å². The van der Waals surface area contributed by atoms with Crippen LogP contribution in [0, 0.1) is 0 Å². The maximum absolute atomic E-state index is 11.0. The summed E-state index contributed by atoms with van der Waals surface area (Å²) in [7, 11) is 0. The maximum atomic E-state index is 11.0. The van der Waals surface area contributed by atoms with E-state index in [1.165, 1.54) is 0 Å². The first-order chi connectivity index (χ1) is 7.69. The number of amides is 1. The van der Waals surface area contributed by atoms with Crippen molar-refractivity contribution in [1.82, 2.24) is 0 Å². The van der Waals surface area contributed by atoms with Crippen LogP contribution in [0.2, 0.25) is 0 Å². The van der Waals surface area contributed by atoms with Gasteiger partial charge in [-0.3, -0.25) is 4.79 Å². The van der Waals surface area contributed by atoms with Gasteiger partial charge in [0.25, 0.3) is 12.1 Å². The minimum atomic E-state index is -0.499. The van der Waals surface area contributed by atoms with Crippen LogP contribution < -0.4 is 10.3 Å². The second-order valence-corrected chi connectivity index (χ2v) is 3.61. The van der Waals surface area contributed by atoms with Crippen LogP contribution in [0.25, 0.3) is 0 Å². The van der Waals surface area contributed by atoms with Crippen molar-refractivity contribution in [3.63, 3.8) is 0 Å². The number of nitrogens with zero attached hydrogens (tertiary/aromatic N) is 1. The lowest BCUT2D eigenvalue weighted by Gasteiger charge is -2.08. The van der Waals surface area contributed by atoms with Crippen molar-refractivity contribution in [3.05, 3.63) is 30.1 Å². The molecule has 1 amide bonds. The average molecular weight is 225 g/mol. The van der Waals surface area contributed by atoms with Gasteiger partial charge in [0.2, 0.25) is 0 Å². The molecule has 5 nitrogen and oxygen atoms in total. The third-order valence-corrected chi connectivity index (χ3v) is 2.37. The van der Waals surface area contributed by atoms with Crippen LogP contribution in [-0.2, 0) is 4.89 Å². The Morgan fingerprint density at radius 1 is 1.69 bits per heavy atom. The fourth-order valence-electron chi connectivity index (χ4n) is 1.45. The van der Waals surface area contributed by atoms with Crippen molar-refractivity contribution in [1.29, 1.82) is 0 Å². The topological polar surface area (TPSA) is 76.4 Å². The standard InChI is InChI=1S/C11H16N2O3/c1-2-3-6-10(16-15)13-7-4-5-9(8-13)11(12)14/h4-5,7-8,10H,2-3,6H2,1H3,(H2-,12,14,15)/p+1. The summed E-state index contributed by atoms with van der Waals surface area (Å²) in [6.45, 7) is 2.05. The molecule has 0 saturated heterocycles. The molecule has 0 radical (unpaired) electrons. The van der Waals surface area contributed by atoms with Gasteiger partial charge in [0.15, 0.2) is 12.4 Å². The van der Waals surface area contributed by atoms with Gasteiger partial charge in [0.1, 0.15) is 5.56 Å². The summed E-state index contributed by atoms with van der Waals surface area (Å²) in [5.41, 5.74) is 5.56. The van der Waals surface area contributed by atoms with Crippen LogP contribution in [-0.4, -0.2) is 11.2 Å². The number of hydrogen-bond acceptors (Lipinski definition) is 3. The molecule has 0 aliphatic carbocycles. The van der Waals surface area contributed by atoms with E-state index in [4.69, 9.17) is 11.0 Å². The highest BCUT2D eigenvalue weighted by atomic mass is 17.1. The predicted octanol–water partition coefficient (Wildman–Crippen LogP) is 1.25. The fraction of sp³-hybridized carbons (Fsp3) is 0.455. The number of nitrogens with two attached hydrogens (primary N) is 1. The van der Waals surface area contributed by atoms with E-state index in [0.717, 1.165) is 12.8 Å². The summed E-state index contributed by atoms with van der Waals surface area (Å²) in [5.74, 6) is -0.499. The summed E-state index contributed by atoms with van der Waals surface area (Å²) >= 11 is 0. The first-order valence-corrected chi connectivity index (χ1v) is 5.30. The normalized spacial score (nSPS) is 12.4. The van der Waals surface area contributed by atoms with Gasteiger partial charge in [-0.15, -0.1) is 0 Å². The second kappa shape index (κ2) is 6.19. The molecule has 1 heterocycles. The Morgan fingerprint density at radius 3 is 3.00 bits per heavy atom. The molecule has 88 valence electrons. The highest BCUT2D eigenvalue weighted by Gasteiger charge is 2.19. The first kappa shape index (κ1) is 12.6. The number of unbranched alkanes of at least 4 members (excludes halogenated alkanes) is 1. The van der Waals surface area contributed by atoms with E-state index in [1.807, 2.05) is 0 Å². The fourth-order valence-corrected chi connectivity index (χ4v) is 1.45. The largest absolute Gasteiger partial charge is 0.365 e. The van der Waals surface area contributed by atoms with Crippen LogP contribution in [0.15, 0.2) is 24.5 Å². The monoisotopic (exact) mass is 225 g/mol. The van der Waals surface area contributed by atoms with Crippen molar-refractivity contribution < 1.29 is 19.5 Å². The zero-order valence-electron chi connectivity index (χ0n) is 9.30. The zero-order chi connectivity index (χ0) is 12.0. The van der Waals surface area contributed by atoms with Gasteiger partial charge in [0, 0.05) is 12.5 Å². The van der Waals surface area contributed by atoms with Crippen LogP contribution in [0.1, 0.15) is 42.8 Å². The molecule has 16 heavy (non-hydrogen) atoms. The van der Waals surface area contributed by atoms with Gasteiger partial charge >= 0.3 is 0 Å². The van der Waals surface area contributed by atoms with Gasteiger partial charge in [0.05, 0.1) is 0 Å². The smallest absolute Gasteiger partial charge is 0.290 e. The lowest BCUT2D eigenvalue weighted by atomic mass is 10.2. The van der Waals surface area contributed by atoms with Crippen LogP contribution in [0.3, 0.4) is 0 Å². The van der Waals surface area contributed by atoms with Crippen LogP contribution in [0.5, 0.6) is 0 Å². The summed E-state index contributed by atoms with van der Waals surface area (Å²) in [6, 6.07) is 3.31. The first-order valence-electron chi connectivity index (χ1n) is 5.30. The summed E-state index contributed by atoms with van der Waals surface area (Å²) in [6.07, 6.45) is 5.44. The number of carbonyl (C=O) groups excluding carboxylic acids is 1. The highest BCUT2D eigenvalue weighted by Crippen LogP contribution is 2.09. The van der Waals surface area contributed by atoms with Crippen molar-refractivity contribution in [3.8, 4) is 0 Å². The Morgan fingerprint density at radius 2 is 2.44 bits per heavy atom. The Labute approximate surface area is 94.4 Å². The van der Waals surface area contributed by atoms with Gasteiger partial charge < -0.3 is 5.73 Å². The van der Waals surface area contributed by atoms with Crippen molar-refractivity contribution in [2.75, 3.05) is 0 Å². The average Bonchev–Trinajstić information content (AvgIpc) is 2.30. The van der Waals surface area contributed by atoms with E-state index in [1.54, 1.807) is 29.1 Å². The molecule has 0 spiro atoms. The van der Waals surface area contributed by atoms with E-state index < -0.39 is 12.1 Å². The van der Waals surface area contributed by atoms with Gasteiger partial charge in [-0.1, -0.05) is 13.3 Å². The minimum absolute atomic E-state index is 0.390. The summed E-state index contributed by atoms with van der Waals surface area (Å²) in [4.78, 5) is 15.4. The van der Waals surface area contributed by atoms with Crippen LogP contribution in [0.4, 0.5) is 0 Å². The van der Waals surface area contributed by atoms with E-state index in [9.17, 15) is 4.79 Å². The lowest BCUT2D eigenvalue weighted by Crippen LogP contribution is -2.41. The molecule has 0 saturated carbocycles. The number of hydrogen-bond donors (Lipinski definition) is 2. The molecule has 1 rings (SSSR count). The van der Waals surface area contributed by atoms with Gasteiger partial charge in [-0.25, -0.2) is 5.26 Å². The van der Waals surface area contributed by atoms with Crippen molar-refractivity contribution in [2.45, 2.75) is 32.4 Å². The number of primary amides is 1.